The molecule has 0 aromatic heterocycles. The van der Waals surface area contributed by atoms with Gasteiger partial charge in [-0.15, -0.1) is 0 Å². The van der Waals surface area contributed by atoms with Crippen molar-refractivity contribution in [3.05, 3.63) is 33.3 Å². The maximum Gasteiger partial charge on any atom is 0.0548 e. The Labute approximate surface area is 122 Å². The molecule has 2 rings (SSSR count). The Bertz CT molecular complexity index is 399. The third-order valence-corrected chi connectivity index (χ3v) is 4.72. The molecule has 4 heteroatoms. The lowest BCUT2D eigenvalue weighted by molar-refractivity contribution is 0.101. The van der Waals surface area contributed by atoms with Crippen LogP contribution in [0.2, 0.25) is 5.02 Å². The highest BCUT2D eigenvalue weighted by atomic mass is 79.9. The van der Waals surface area contributed by atoms with Crippen molar-refractivity contribution in [1.82, 2.24) is 5.32 Å². The zero-order chi connectivity index (χ0) is 13.0. The van der Waals surface area contributed by atoms with Gasteiger partial charge in [-0.1, -0.05) is 24.1 Å². The average Bonchev–Trinajstić information content (AvgIpc) is 2.34. The molecule has 1 aliphatic rings. The van der Waals surface area contributed by atoms with E-state index in [1.165, 1.54) is 12.0 Å². The van der Waals surface area contributed by atoms with E-state index in [2.05, 4.69) is 21.2 Å². The van der Waals surface area contributed by atoms with E-state index in [-0.39, 0.29) is 6.10 Å². The second kappa shape index (κ2) is 6.90. The van der Waals surface area contributed by atoms with E-state index in [1.807, 2.05) is 18.2 Å². The summed E-state index contributed by atoms with van der Waals surface area (Å²) in [4.78, 5) is 0. The highest BCUT2D eigenvalue weighted by Crippen LogP contribution is 2.24. The topological polar surface area (TPSA) is 32.3 Å². The van der Waals surface area contributed by atoms with Crippen LogP contribution in [0, 0.1) is 5.92 Å². The molecular formula is C14H19BrClNO. The third-order valence-electron chi connectivity index (χ3n) is 3.50. The molecule has 0 spiro atoms. The quantitative estimate of drug-likeness (QED) is 0.880. The number of benzene rings is 1. The Hall–Kier alpha value is -0.0900. The van der Waals surface area contributed by atoms with E-state index in [0.29, 0.717) is 5.92 Å². The van der Waals surface area contributed by atoms with Crippen molar-refractivity contribution in [2.45, 2.75) is 38.3 Å². The highest BCUT2D eigenvalue weighted by molar-refractivity contribution is 9.10. The number of rotatable bonds is 4. The molecule has 0 bridgehead atoms. The summed E-state index contributed by atoms with van der Waals surface area (Å²) in [6.45, 7) is 1.83. The molecule has 2 N–H and O–H groups in total. The van der Waals surface area contributed by atoms with Crippen LogP contribution in [0.25, 0.3) is 0 Å². The second-order valence-corrected chi connectivity index (χ2v) is 6.33. The molecule has 0 heterocycles. The summed E-state index contributed by atoms with van der Waals surface area (Å²) in [5, 5.41) is 13.8. The molecule has 18 heavy (non-hydrogen) atoms. The fraction of sp³-hybridized carbons (Fsp3) is 0.571. The Morgan fingerprint density at radius 2 is 2.22 bits per heavy atom. The van der Waals surface area contributed by atoms with Crippen molar-refractivity contribution in [2.75, 3.05) is 6.54 Å². The fourth-order valence-electron chi connectivity index (χ4n) is 2.52. The molecule has 0 saturated heterocycles. The van der Waals surface area contributed by atoms with Gasteiger partial charge in [0.2, 0.25) is 0 Å². The van der Waals surface area contributed by atoms with Crippen molar-refractivity contribution < 1.29 is 5.11 Å². The Kier molecular flexibility index (Phi) is 5.49. The zero-order valence-electron chi connectivity index (χ0n) is 10.3. The first-order valence-corrected chi connectivity index (χ1v) is 7.65. The lowest BCUT2D eigenvalue weighted by atomic mass is 9.87. The summed E-state index contributed by atoms with van der Waals surface area (Å²) in [5.41, 5.74) is 1.22. The van der Waals surface area contributed by atoms with Crippen LogP contribution in [-0.2, 0) is 6.54 Å². The van der Waals surface area contributed by atoms with E-state index in [4.69, 9.17) is 11.6 Å². The minimum Gasteiger partial charge on any atom is -0.393 e. The minimum atomic E-state index is -0.0878. The van der Waals surface area contributed by atoms with Crippen LogP contribution in [-0.4, -0.2) is 17.8 Å². The minimum absolute atomic E-state index is 0.0878. The van der Waals surface area contributed by atoms with Crippen LogP contribution in [0.3, 0.4) is 0 Å². The molecule has 1 saturated carbocycles. The van der Waals surface area contributed by atoms with E-state index >= 15 is 0 Å². The average molecular weight is 333 g/mol. The van der Waals surface area contributed by atoms with Crippen LogP contribution in [0.1, 0.15) is 31.2 Å². The van der Waals surface area contributed by atoms with Gasteiger partial charge in [0.05, 0.1) is 11.1 Å². The van der Waals surface area contributed by atoms with E-state index < -0.39 is 0 Å². The monoisotopic (exact) mass is 331 g/mol. The van der Waals surface area contributed by atoms with Crippen LogP contribution >= 0.6 is 27.5 Å². The molecule has 2 atom stereocenters. The molecule has 2 unspecified atom stereocenters. The number of aliphatic hydroxyl groups excluding tert-OH is 1. The maximum absolute atomic E-state index is 9.61. The summed E-state index contributed by atoms with van der Waals surface area (Å²) in [6, 6.07) is 5.99. The summed E-state index contributed by atoms with van der Waals surface area (Å²) in [6.07, 6.45) is 4.21. The summed E-state index contributed by atoms with van der Waals surface area (Å²) in [7, 11) is 0. The molecular weight excluding hydrogens is 314 g/mol. The predicted octanol–water partition coefficient (Wildman–Crippen LogP) is 3.74. The Balaban J connectivity index is 1.76. The predicted molar refractivity (Wildman–Crippen MR) is 78.8 cm³/mol. The van der Waals surface area contributed by atoms with Crippen molar-refractivity contribution in [2.24, 2.45) is 5.92 Å². The van der Waals surface area contributed by atoms with Gasteiger partial charge in [-0.25, -0.2) is 0 Å². The maximum atomic E-state index is 9.61. The smallest absolute Gasteiger partial charge is 0.0548 e. The number of hydrogen-bond donors (Lipinski definition) is 2. The first-order chi connectivity index (χ1) is 8.65. The summed E-state index contributed by atoms with van der Waals surface area (Å²) >= 11 is 9.39. The van der Waals surface area contributed by atoms with Gasteiger partial charge in [0.15, 0.2) is 0 Å². The normalized spacial score (nSPS) is 24.2. The molecule has 1 aromatic carbocycles. The Morgan fingerprint density at radius 3 is 2.94 bits per heavy atom. The van der Waals surface area contributed by atoms with E-state index in [1.54, 1.807) is 0 Å². The lowest BCUT2D eigenvalue weighted by Gasteiger charge is -2.26. The number of hydrogen-bond acceptors (Lipinski definition) is 2. The molecule has 2 nitrogen and oxygen atoms in total. The number of aliphatic hydroxyl groups is 1. The van der Waals surface area contributed by atoms with Crippen LogP contribution < -0.4 is 5.32 Å². The molecule has 0 aliphatic heterocycles. The molecule has 1 aliphatic carbocycles. The van der Waals surface area contributed by atoms with Crippen molar-refractivity contribution in [3.63, 3.8) is 0 Å². The van der Waals surface area contributed by atoms with Crippen LogP contribution in [0.4, 0.5) is 0 Å². The number of halogens is 2. The zero-order valence-corrected chi connectivity index (χ0v) is 12.7. The first-order valence-electron chi connectivity index (χ1n) is 6.48. The van der Waals surface area contributed by atoms with Gasteiger partial charge in [-0.05, 0) is 65.4 Å². The summed E-state index contributed by atoms with van der Waals surface area (Å²) < 4.78 is 0.941. The van der Waals surface area contributed by atoms with E-state index in [0.717, 1.165) is 41.8 Å². The van der Waals surface area contributed by atoms with Crippen molar-refractivity contribution >= 4 is 27.5 Å². The van der Waals surface area contributed by atoms with Gasteiger partial charge in [-0.2, -0.15) is 0 Å². The molecule has 0 radical (unpaired) electrons. The highest BCUT2D eigenvalue weighted by Gasteiger charge is 2.19. The number of nitrogens with one attached hydrogen (secondary N) is 1. The third kappa shape index (κ3) is 4.23. The molecule has 1 aromatic rings. The second-order valence-electron chi connectivity index (χ2n) is 5.07. The molecule has 0 amide bonds. The largest absolute Gasteiger partial charge is 0.393 e. The van der Waals surface area contributed by atoms with Gasteiger partial charge in [0, 0.05) is 11.0 Å². The Morgan fingerprint density at radius 1 is 1.39 bits per heavy atom. The fourth-order valence-corrected chi connectivity index (χ4v) is 3.06. The standard InChI is InChI=1S/C14H19BrClNO/c15-13-7-11(4-5-14(13)16)9-17-8-10-2-1-3-12(18)6-10/h4-5,7,10,12,17-18H,1-3,6,8-9H2. The SMILES string of the molecule is OC1CCCC(CNCc2ccc(Cl)c(Br)c2)C1. The van der Waals surface area contributed by atoms with Gasteiger partial charge < -0.3 is 10.4 Å². The molecule has 1 fully saturated rings. The van der Waals surface area contributed by atoms with Crippen molar-refractivity contribution in [3.8, 4) is 0 Å². The van der Waals surface area contributed by atoms with Crippen molar-refractivity contribution in [1.29, 1.82) is 0 Å². The van der Waals surface area contributed by atoms with Crippen LogP contribution in [0.15, 0.2) is 22.7 Å². The van der Waals surface area contributed by atoms with Gasteiger partial charge in [0.25, 0.3) is 0 Å². The van der Waals surface area contributed by atoms with Crippen LogP contribution in [0.5, 0.6) is 0 Å². The lowest BCUT2D eigenvalue weighted by Crippen LogP contribution is -2.28. The first kappa shape index (κ1) is 14.3. The van der Waals surface area contributed by atoms with Gasteiger partial charge >= 0.3 is 0 Å². The van der Waals surface area contributed by atoms with E-state index in [9.17, 15) is 5.11 Å². The van der Waals surface area contributed by atoms with Gasteiger partial charge in [0.1, 0.15) is 0 Å². The van der Waals surface area contributed by atoms with Gasteiger partial charge in [-0.3, -0.25) is 0 Å². The molecule has 100 valence electrons. The summed E-state index contributed by atoms with van der Waals surface area (Å²) in [5.74, 6) is 0.615.